The molecule has 0 aromatic carbocycles. The van der Waals surface area contributed by atoms with E-state index in [1.807, 2.05) is 11.6 Å². The molecule has 0 saturated carbocycles. The summed E-state index contributed by atoms with van der Waals surface area (Å²) < 4.78 is 6.92. The summed E-state index contributed by atoms with van der Waals surface area (Å²) >= 11 is 0. The summed E-state index contributed by atoms with van der Waals surface area (Å²) in [5, 5.41) is 9.57. The SMILES string of the molecule is CC(O)[C@H]1C(=O)OC[C@@H]1Cc1cncn1C. The number of esters is 1. The Labute approximate surface area is 94.1 Å². The van der Waals surface area contributed by atoms with E-state index in [9.17, 15) is 9.90 Å². The highest BCUT2D eigenvalue weighted by atomic mass is 16.5. The number of aromatic nitrogens is 2. The van der Waals surface area contributed by atoms with Crippen LogP contribution in [0.1, 0.15) is 12.6 Å². The molecule has 2 rings (SSSR count). The van der Waals surface area contributed by atoms with E-state index < -0.39 is 12.0 Å². The van der Waals surface area contributed by atoms with Gasteiger partial charge in [0.05, 0.1) is 25.0 Å². The van der Waals surface area contributed by atoms with Crippen molar-refractivity contribution in [1.29, 1.82) is 0 Å². The van der Waals surface area contributed by atoms with E-state index in [0.717, 1.165) is 5.69 Å². The van der Waals surface area contributed by atoms with Crippen LogP contribution in [0.3, 0.4) is 0 Å². The molecule has 1 saturated heterocycles. The Morgan fingerprint density at radius 1 is 1.75 bits per heavy atom. The normalized spacial score (nSPS) is 26.8. The third kappa shape index (κ3) is 1.95. The molecule has 0 aliphatic carbocycles. The lowest BCUT2D eigenvalue weighted by molar-refractivity contribution is -0.143. The molecule has 1 aliphatic heterocycles. The maximum absolute atomic E-state index is 11.4. The Morgan fingerprint density at radius 2 is 2.50 bits per heavy atom. The molecule has 1 unspecified atom stereocenters. The number of rotatable bonds is 3. The van der Waals surface area contributed by atoms with Crippen molar-refractivity contribution in [2.75, 3.05) is 6.61 Å². The van der Waals surface area contributed by atoms with Crippen LogP contribution in [0.4, 0.5) is 0 Å². The molecule has 2 heterocycles. The van der Waals surface area contributed by atoms with Crippen LogP contribution in [0.2, 0.25) is 0 Å². The summed E-state index contributed by atoms with van der Waals surface area (Å²) in [5.41, 5.74) is 1.05. The van der Waals surface area contributed by atoms with Gasteiger partial charge in [-0.15, -0.1) is 0 Å². The van der Waals surface area contributed by atoms with Gasteiger partial charge < -0.3 is 14.4 Å². The number of aryl methyl sites for hydroxylation is 1. The third-order valence-electron chi connectivity index (χ3n) is 3.13. The van der Waals surface area contributed by atoms with E-state index in [-0.39, 0.29) is 11.9 Å². The molecule has 3 atom stereocenters. The van der Waals surface area contributed by atoms with Crippen LogP contribution in [-0.4, -0.2) is 33.3 Å². The number of imidazole rings is 1. The standard InChI is InChI=1S/C11H16N2O3/c1-7(14)10-8(5-16-11(10)15)3-9-4-12-6-13(9)2/h4,6-8,10,14H,3,5H2,1-2H3/t7?,8-,10+/m0/s1. The summed E-state index contributed by atoms with van der Waals surface area (Å²) in [4.78, 5) is 15.5. The largest absolute Gasteiger partial charge is 0.465 e. The molecule has 88 valence electrons. The van der Waals surface area contributed by atoms with Gasteiger partial charge in [0, 0.05) is 24.9 Å². The Kier molecular flexibility index (Phi) is 2.96. The molecule has 0 radical (unpaired) electrons. The molecular formula is C11H16N2O3. The molecule has 0 bridgehead atoms. The first-order valence-electron chi connectivity index (χ1n) is 5.39. The molecule has 5 heteroatoms. The predicted molar refractivity (Wildman–Crippen MR) is 56.5 cm³/mol. The highest BCUT2D eigenvalue weighted by molar-refractivity contribution is 5.75. The minimum absolute atomic E-state index is 0.0444. The van der Waals surface area contributed by atoms with E-state index in [1.54, 1.807) is 19.4 Å². The molecule has 1 aromatic heterocycles. The van der Waals surface area contributed by atoms with E-state index >= 15 is 0 Å². The van der Waals surface area contributed by atoms with E-state index in [4.69, 9.17) is 4.74 Å². The van der Waals surface area contributed by atoms with Gasteiger partial charge in [-0.1, -0.05) is 0 Å². The van der Waals surface area contributed by atoms with Crippen molar-refractivity contribution in [1.82, 2.24) is 9.55 Å². The number of hydrogen-bond donors (Lipinski definition) is 1. The second-order valence-electron chi connectivity index (χ2n) is 4.36. The maximum Gasteiger partial charge on any atom is 0.311 e. The van der Waals surface area contributed by atoms with Gasteiger partial charge in [0.15, 0.2) is 0 Å². The Morgan fingerprint density at radius 3 is 3.06 bits per heavy atom. The molecule has 16 heavy (non-hydrogen) atoms. The predicted octanol–water partition coefficient (Wildman–Crippen LogP) is 0.133. The number of hydrogen-bond acceptors (Lipinski definition) is 4. The molecule has 0 amide bonds. The number of aliphatic hydroxyl groups is 1. The maximum atomic E-state index is 11.4. The molecular weight excluding hydrogens is 208 g/mol. The molecule has 1 fully saturated rings. The summed E-state index contributed by atoms with van der Waals surface area (Å²) in [5.74, 6) is -0.653. The minimum Gasteiger partial charge on any atom is -0.465 e. The molecule has 0 spiro atoms. The van der Waals surface area contributed by atoms with Crippen molar-refractivity contribution in [3.05, 3.63) is 18.2 Å². The van der Waals surface area contributed by atoms with Crippen LogP contribution in [0, 0.1) is 11.8 Å². The number of carbonyl (C=O) groups is 1. The second-order valence-corrected chi connectivity index (χ2v) is 4.36. The van der Waals surface area contributed by atoms with Crippen molar-refractivity contribution in [2.24, 2.45) is 18.9 Å². The van der Waals surface area contributed by atoms with Crippen LogP contribution in [0.5, 0.6) is 0 Å². The first-order chi connectivity index (χ1) is 7.59. The minimum atomic E-state index is -0.659. The Bertz CT molecular complexity index is 386. The number of nitrogens with zero attached hydrogens (tertiary/aromatic N) is 2. The molecule has 1 N–H and O–H groups in total. The van der Waals surface area contributed by atoms with Gasteiger partial charge in [0.1, 0.15) is 0 Å². The van der Waals surface area contributed by atoms with Crippen molar-refractivity contribution in [3.63, 3.8) is 0 Å². The van der Waals surface area contributed by atoms with Crippen LogP contribution in [0.15, 0.2) is 12.5 Å². The lowest BCUT2D eigenvalue weighted by Gasteiger charge is -2.17. The fourth-order valence-corrected chi connectivity index (χ4v) is 2.21. The number of cyclic esters (lactones) is 1. The zero-order valence-corrected chi connectivity index (χ0v) is 9.46. The average Bonchev–Trinajstić information content (AvgIpc) is 2.75. The van der Waals surface area contributed by atoms with Crippen molar-refractivity contribution >= 4 is 5.97 Å². The zero-order chi connectivity index (χ0) is 11.7. The van der Waals surface area contributed by atoms with Gasteiger partial charge in [-0.05, 0) is 13.3 Å². The van der Waals surface area contributed by atoms with Crippen molar-refractivity contribution < 1.29 is 14.6 Å². The number of carbonyl (C=O) groups excluding carboxylic acids is 1. The molecule has 1 aliphatic rings. The average molecular weight is 224 g/mol. The van der Waals surface area contributed by atoms with Gasteiger partial charge >= 0.3 is 5.97 Å². The van der Waals surface area contributed by atoms with E-state index in [2.05, 4.69) is 4.98 Å². The summed E-state index contributed by atoms with van der Waals surface area (Å²) in [6, 6.07) is 0. The van der Waals surface area contributed by atoms with E-state index in [1.165, 1.54) is 0 Å². The Hall–Kier alpha value is -1.36. The lowest BCUT2D eigenvalue weighted by atomic mass is 9.87. The van der Waals surface area contributed by atoms with E-state index in [0.29, 0.717) is 13.0 Å². The number of ether oxygens (including phenoxy) is 1. The van der Waals surface area contributed by atoms with Crippen LogP contribution < -0.4 is 0 Å². The first kappa shape index (κ1) is 11.1. The topological polar surface area (TPSA) is 64.3 Å². The second kappa shape index (κ2) is 4.25. The van der Waals surface area contributed by atoms with Gasteiger partial charge in [0.25, 0.3) is 0 Å². The monoisotopic (exact) mass is 224 g/mol. The zero-order valence-electron chi connectivity index (χ0n) is 9.46. The van der Waals surface area contributed by atoms with Gasteiger partial charge in [-0.2, -0.15) is 0 Å². The van der Waals surface area contributed by atoms with Crippen molar-refractivity contribution in [2.45, 2.75) is 19.4 Å². The van der Waals surface area contributed by atoms with Gasteiger partial charge in [-0.3, -0.25) is 4.79 Å². The van der Waals surface area contributed by atoms with Crippen LogP contribution >= 0.6 is 0 Å². The lowest BCUT2D eigenvalue weighted by Crippen LogP contribution is -2.29. The highest BCUT2D eigenvalue weighted by Gasteiger charge is 2.40. The molecule has 5 nitrogen and oxygen atoms in total. The Balaban J connectivity index is 2.10. The summed E-state index contributed by atoms with van der Waals surface area (Å²) in [6.45, 7) is 2.02. The van der Waals surface area contributed by atoms with Gasteiger partial charge in [-0.25, -0.2) is 4.98 Å². The number of aliphatic hydroxyl groups excluding tert-OH is 1. The summed E-state index contributed by atoms with van der Waals surface area (Å²) in [7, 11) is 1.91. The first-order valence-corrected chi connectivity index (χ1v) is 5.39. The van der Waals surface area contributed by atoms with Crippen molar-refractivity contribution in [3.8, 4) is 0 Å². The fourth-order valence-electron chi connectivity index (χ4n) is 2.21. The summed E-state index contributed by atoms with van der Waals surface area (Å²) in [6.07, 6.45) is 3.55. The smallest absolute Gasteiger partial charge is 0.311 e. The van der Waals surface area contributed by atoms with Crippen LogP contribution in [-0.2, 0) is 23.0 Å². The van der Waals surface area contributed by atoms with Crippen LogP contribution in [0.25, 0.3) is 0 Å². The quantitative estimate of drug-likeness (QED) is 0.741. The third-order valence-corrected chi connectivity index (χ3v) is 3.13. The van der Waals surface area contributed by atoms with Gasteiger partial charge in [0.2, 0.25) is 0 Å². The molecule has 1 aromatic rings. The highest BCUT2D eigenvalue weighted by Crippen LogP contribution is 2.28. The fraction of sp³-hybridized carbons (Fsp3) is 0.636.